The van der Waals surface area contributed by atoms with Crippen molar-refractivity contribution in [2.75, 3.05) is 10.6 Å². The summed E-state index contributed by atoms with van der Waals surface area (Å²) in [4.78, 5) is 27.3. The first-order valence-electron chi connectivity index (χ1n) is 8.88. The van der Waals surface area contributed by atoms with Gasteiger partial charge in [-0.1, -0.05) is 30.3 Å². The number of anilines is 2. The summed E-state index contributed by atoms with van der Waals surface area (Å²) in [5.74, 6) is -0.523. The minimum Gasteiger partial charge on any atom is -0.481 e. The zero-order valence-electron chi connectivity index (χ0n) is 15.5. The Balaban J connectivity index is 1.55. The lowest BCUT2D eigenvalue weighted by Gasteiger charge is -2.09. The van der Waals surface area contributed by atoms with Gasteiger partial charge in [0.1, 0.15) is 5.82 Å². The molecule has 0 atom stereocenters. The summed E-state index contributed by atoms with van der Waals surface area (Å²) in [7, 11) is 0. The number of aryl methyl sites for hydroxylation is 1. The smallest absolute Gasteiger partial charge is 0.307 e. The maximum atomic E-state index is 12.3. The highest BCUT2D eigenvalue weighted by molar-refractivity contribution is 6.03. The Bertz CT molecular complexity index is 967. The molecule has 0 saturated carbocycles. The highest BCUT2D eigenvalue weighted by Gasteiger charge is 2.07. The fourth-order valence-electron chi connectivity index (χ4n) is 2.69. The maximum absolute atomic E-state index is 12.3. The Labute approximate surface area is 163 Å². The second-order valence-corrected chi connectivity index (χ2v) is 6.44. The van der Waals surface area contributed by atoms with E-state index in [4.69, 9.17) is 5.11 Å². The molecule has 0 fully saturated rings. The number of carbonyl (C=O) groups excluding carboxylic acids is 1. The van der Waals surface area contributed by atoms with E-state index >= 15 is 0 Å². The second kappa shape index (κ2) is 8.81. The van der Waals surface area contributed by atoms with E-state index in [1.165, 1.54) is 0 Å². The molecule has 0 saturated heterocycles. The van der Waals surface area contributed by atoms with E-state index < -0.39 is 5.97 Å². The Hall–Kier alpha value is -3.67. The average Bonchev–Trinajstić information content (AvgIpc) is 2.67. The van der Waals surface area contributed by atoms with Crippen LogP contribution in [-0.2, 0) is 17.8 Å². The van der Waals surface area contributed by atoms with Gasteiger partial charge in [-0.05, 0) is 54.4 Å². The number of nitrogens with zero attached hydrogens (tertiary/aromatic N) is 1. The summed E-state index contributed by atoms with van der Waals surface area (Å²) in [6, 6.07) is 20.1. The molecule has 2 aromatic carbocycles. The first-order chi connectivity index (χ1) is 13.5. The fourth-order valence-corrected chi connectivity index (χ4v) is 2.69. The first-order valence-corrected chi connectivity index (χ1v) is 8.88. The van der Waals surface area contributed by atoms with Crippen molar-refractivity contribution >= 4 is 23.4 Å². The van der Waals surface area contributed by atoms with E-state index in [-0.39, 0.29) is 12.3 Å². The van der Waals surface area contributed by atoms with Crippen LogP contribution in [0.1, 0.15) is 27.2 Å². The maximum Gasteiger partial charge on any atom is 0.307 e. The fraction of sp³-hybridized carbons (Fsp3) is 0.136. The molecule has 0 spiro atoms. The van der Waals surface area contributed by atoms with E-state index in [1.807, 2.05) is 55.5 Å². The van der Waals surface area contributed by atoms with Crippen LogP contribution >= 0.6 is 0 Å². The molecule has 1 amide bonds. The van der Waals surface area contributed by atoms with Gasteiger partial charge in [-0.25, -0.2) is 4.98 Å². The van der Waals surface area contributed by atoms with Gasteiger partial charge in [-0.3, -0.25) is 9.59 Å². The zero-order valence-corrected chi connectivity index (χ0v) is 15.5. The summed E-state index contributed by atoms with van der Waals surface area (Å²) < 4.78 is 0. The van der Waals surface area contributed by atoms with Crippen LogP contribution in [0.25, 0.3) is 0 Å². The Kier molecular flexibility index (Phi) is 6.01. The first kappa shape index (κ1) is 19.1. The van der Waals surface area contributed by atoms with Gasteiger partial charge in [0.25, 0.3) is 5.91 Å². The quantitative estimate of drug-likeness (QED) is 0.583. The average molecular weight is 375 g/mol. The van der Waals surface area contributed by atoms with Gasteiger partial charge in [-0.2, -0.15) is 0 Å². The monoisotopic (exact) mass is 375 g/mol. The molecule has 28 heavy (non-hydrogen) atoms. The number of carboxylic acid groups (broad SMARTS) is 1. The van der Waals surface area contributed by atoms with Gasteiger partial charge in [0.2, 0.25) is 0 Å². The number of pyridine rings is 1. The van der Waals surface area contributed by atoms with Crippen molar-refractivity contribution < 1.29 is 14.7 Å². The highest BCUT2D eigenvalue weighted by atomic mass is 16.4. The summed E-state index contributed by atoms with van der Waals surface area (Å²) >= 11 is 0. The number of amides is 1. The molecule has 3 rings (SSSR count). The van der Waals surface area contributed by atoms with E-state index in [0.29, 0.717) is 17.9 Å². The Morgan fingerprint density at radius 2 is 1.61 bits per heavy atom. The van der Waals surface area contributed by atoms with Crippen LogP contribution < -0.4 is 10.6 Å². The van der Waals surface area contributed by atoms with Crippen LogP contribution in [0.4, 0.5) is 11.5 Å². The molecule has 0 bridgehead atoms. The molecule has 6 nitrogen and oxygen atoms in total. The number of benzene rings is 2. The molecule has 3 N–H and O–H groups in total. The van der Waals surface area contributed by atoms with E-state index in [2.05, 4.69) is 15.6 Å². The van der Waals surface area contributed by atoms with Gasteiger partial charge in [0.05, 0.1) is 6.42 Å². The van der Waals surface area contributed by atoms with Gasteiger partial charge >= 0.3 is 5.97 Å². The number of aliphatic carboxylic acids is 1. The summed E-state index contributed by atoms with van der Waals surface area (Å²) in [5.41, 5.74) is 4.09. The standard InChI is InChI=1S/C22H21N3O3/c1-15-3-2-4-20(24-15)25-22(28)18-9-11-19(12-10-18)23-14-17-7-5-16(6-8-17)13-21(26)27/h2-12,23H,13-14H2,1H3,(H,26,27)(H,24,25,28). The Morgan fingerprint density at radius 3 is 2.25 bits per heavy atom. The van der Waals surface area contributed by atoms with Crippen LogP contribution in [0.2, 0.25) is 0 Å². The number of carboxylic acids is 1. The largest absolute Gasteiger partial charge is 0.481 e. The predicted molar refractivity (Wildman–Crippen MR) is 108 cm³/mol. The molecule has 0 aliphatic carbocycles. The van der Waals surface area contributed by atoms with Crippen LogP contribution in [0.3, 0.4) is 0 Å². The molecule has 142 valence electrons. The number of hydrogen-bond donors (Lipinski definition) is 3. The van der Waals surface area contributed by atoms with Crippen molar-refractivity contribution in [1.29, 1.82) is 0 Å². The Morgan fingerprint density at radius 1 is 0.929 bits per heavy atom. The molecule has 3 aromatic rings. The van der Waals surface area contributed by atoms with Crippen molar-refractivity contribution in [3.05, 3.63) is 89.1 Å². The predicted octanol–water partition coefficient (Wildman–Crippen LogP) is 3.88. The number of nitrogens with one attached hydrogen (secondary N) is 2. The van der Waals surface area contributed by atoms with Crippen molar-refractivity contribution in [2.24, 2.45) is 0 Å². The lowest BCUT2D eigenvalue weighted by Crippen LogP contribution is -2.13. The summed E-state index contributed by atoms with van der Waals surface area (Å²) in [6.07, 6.45) is 0.0231. The van der Waals surface area contributed by atoms with Crippen LogP contribution in [0.5, 0.6) is 0 Å². The molecule has 6 heteroatoms. The highest BCUT2D eigenvalue weighted by Crippen LogP contribution is 2.14. The van der Waals surface area contributed by atoms with Gasteiger partial charge in [0, 0.05) is 23.5 Å². The number of rotatable bonds is 7. The van der Waals surface area contributed by atoms with E-state index in [9.17, 15) is 9.59 Å². The van der Waals surface area contributed by atoms with Crippen molar-refractivity contribution in [3.63, 3.8) is 0 Å². The van der Waals surface area contributed by atoms with Crippen LogP contribution in [0.15, 0.2) is 66.7 Å². The third-order valence-corrected chi connectivity index (χ3v) is 4.15. The molecule has 1 aromatic heterocycles. The lowest BCUT2D eigenvalue weighted by atomic mass is 10.1. The number of aromatic nitrogens is 1. The third-order valence-electron chi connectivity index (χ3n) is 4.15. The van der Waals surface area contributed by atoms with Crippen LogP contribution in [0, 0.1) is 6.92 Å². The van der Waals surface area contributed by atoms with Crippen molar-refractivity contribution in [2.45, 2.75) is 19.9 Å². The molecule has 0 aliphatic rings. The lowest BCUT2D eigenvalue weighted by molar-refractivity contribution is -0.136. The summed E-state index contributed by atoms with van der Waals surface area (Å²) in [6.45, 7) is 2.47. The van der Waals surface area contributed by atoms with Gasteiger partial charge in [-0.15, -0.1) is 0 Å². The molecular formula is C22H21N3O3. The SMILES string of the molecule is Cc1cccc(NC(=O)c2ccc(NCc3ccc(CC(=O)O)cc3)cc2)n1. The van der Waals surface area contributed by atoms with Crippen molar-refractivity contribution in [3.8, 4) is 0 Å². The summed E-state index contributed by atoms with van der Waals surface area (Å²) in [5, 5.41) is 14.9. The van der Waals surface area contributed by atoms with E-state index in [1.54, 1.807) is 18.2 Å². The number of carbonyl (C=O) groups is 2. The molecule has 0 unspecified atom stereocenters. The van der Waals surface area contributed by atoms with E-state index in [0.717, 1.165) is 22.5 Å². The molecule has 0 aliphatic heterocycles. The van der Waals surface area contributed by atoms with Crippen molar-refractivity contribution in [1.82, 2.24) is 4.98 Å². The normalized spacial score (nSPS) is 10.3. The van der Waals surface area contributed by atoms with Gasteiger partial charge in [0.15, 0.2) is 0 Å². The van der Waals surface area contributed by atoms with Gasteiger partial charge < -0.3 is 15.7 Å². The zero-order chi connectivity index (χ0) is 19.9. The molecule has 1 heterocycles. The third kappa shape index (κ3) is 5.41. The molecule has 0 radical (unpaired) electrons. The minimum atomic E-state index is -0.840. The van der Waals surface area contributed by atoms with Crippen LogP contribution in [-0.4, -0.2) is 22.0 Å². The molecular weight excluding hydrogens is 354 g/mol. The number of hydrogen-bond acceptors (Lipinski definition) is 4. The second-order valence-electron chi connectivity index (χ2n) is 6.44. The topological polar surface area (TPSA) is 91.3 Å². The minimum absolute atomic E-state index is 0.0231.